The number of rotatable bonds is 18. The van der Waals surface area contributed by atoms with Crippen LogP contribution in [-0.2, 0) is 9.53 Å². The van der Waals surface area contributed by atoms with Gasteiger partial charge in [0.1, 0.15) is 0 Å². The zero-order valence-electron chi connectivity index (χ0n) is 17.8. The van der Waals surface area contributed by atoms with Crippen molar-refractivity contribution in [2.24, 2.45) is 5.41 Å². The first-order valence-electron chi connectivity index (χ1n) is 11.3. The molecule has 150 valence electrons. The van der Waals surface area contributed by atoms with Crippen LogP contribution in [-0.4, -0.2) is 12.6 Å². The summed E-state index contributed by atoms with van der Waals surface area (Å²) in [7, 11) is 0. The molecule has 25 heavy (non-hydrogen) atoms. The van der Waals surface area contributed by atoms with E-state index in [1.807, 2.05) is 0 Å². The average molecular weight is 355 g/mol. The van der Waals surface area contributed by atoms with Crippen LogP contribution in [0.3, 0.4) is 0 Å². The summed E-state index contributed by atoms with van der Waals surface area (Å²) in [5, 5.41) is 0. The second-order valence-electron chi connectivity index (χ2n) is 8.09. The Bertz CT molecular complexity index is 300. The van der Waals surface area contributed by atoms with E-state index in [0.29, 0.717) is 6.61 Å². The molecule has 0 heterocycles. The minimum Gasteiger partial charge on any atom is -0.465 e. The lowest BCUT2D eigenvalue weighted by atomic mass is 9.79. The molecule has 0 aliphatic carbocycles. The van der Waals surface area contributed by atoms with E-state index in [-0.39, 0.29) is 11.4 Å². The number of carbonyl (C=O) groups excluding carboxylic acids is 1. The predicted octanol–water partition coefficient (Wildman–Crippen LogP) is 7.84. The van der Waals surface area contributed by atoms with Gasteiger partial charge in [-0.05, 0) is 26.2 Å². The topological polar surface area (TPSA) is 26.3 Å². The summed E-state index contributed by atoms with van der Waals surface area (Å²) in [5.41, 5.74) is -0.261. The highest BCUT2D eigenvalue weighted by molar-refractivity contribution is 5.76. The molecule has 2 nitrogen and oxygen atoms in total. The van der Waals surface area contributed by atoms with E-state index < -0.39 is 0 Å². The molecule has 0 spiro atoms. The Morgan fingerprint density at radius 2 is 1.04 bits per heavy atom. The van der Waals surface area contributed by atoms with Crippen molar-refractivity contribution in [2.45, 2.75) is 130 Å². The van der Waals surface area contributed by atoms with Crippen molar-refractivity contribution in [1.82, 2.24) is 0 Å². The molecule has 0 aromatic rings. The Morgan fingerprint density at radius 1 is 0.640 bits per heavy atom. The Hall–Kier alpha value is -0.530. The van der Waals surface area contributed by atoms with Gasteiger partial charge in [-0.3, -0.25) is 4.79 Å². The largest absolute Gasteiger partial charge is 0.465 e. The summed E-state index contributed by atoms with van der Waals surface area (Å²) in [6.07, 6.45) is 19.3. The first-order chi connectivity index (χ1) is 12.1. The number of ether oxygens (including phenoxy) is 1. The molecule has 0 amide bonds. The number of unbranched alkanes of at least 4 members (excludes halogenated alkanes) is 11. The van der Waals surface area contributed by atoms with E-state index in [1.54, 1.807) is 0 Å². The zero-order valence-corrected chi connectivity index (χ0v) is 17.8. The fourth-order valence-electron chi connectivity index (χ4n) is 3.43. The van der Waals surface area contributed by atoms with E-state index in [2.05, 4.69) is 27.7 Å². The molecule has 1 atom stereocenters. The van der Waals surface area contributed by atoms with Crippen LogP contribution in [0.2, 0.25) is 0 Å². The molecule has 0 bridgehead atoms. The molecule has 0 aliphatic heterocycles. The molecular formula is C23H46O2. The van der Waals surface area contributed by atoms with E-state index >= 15 is 0 Å². The van der Waals surface area contributed by atoms with Crippen LogP contribution in [0, 0.1) is 5.41 Å². The van der Waals surface area contributed by atoms with Gasteiger partial charge in [0.2, 0.25) is 0 Å². The minimum absolute atomic E-state index is 0.0639. The van der Waals surface area contributed by atoms with Crippen molar-refractivity contribution in [1.29, 1.82) is 0 Å². The van der Waals surface area contributed by atoms with E-state index in [9.17, 15) is 4.79 Å². The molecule has 0 saturated carbocycles. The number of carbonyl (C=O) groups is 1. The maximum absolute atomic E-state index is 12.7. The van der Waals surface area contributed by atoms with Gasteiger partial charge in [-0.1, -0.05) is 104 Å². The molecule has 0 rings (SSSR count). The normalized spacial score (nSPS) is 13.6. The van der Waals surface area contributed by atoms with Crippen LogP contribution in [0.15, 0.2) is 0 Å². The standard InChI is InChI=1S/C23H46O2/c1-5-8-11-14-15-17-20-23(4,19-16-12-9-6-2)22(24)25-21-18-13-10-7-3/h5-21H2,1-4H3. The molecule has 0 aliphatic rings. The highest BCUT2D eigenvalue weighted by Crippen LogP contribution is 2.33. The summed E-state index contributed by atoms with van der Waals surface area (Å²) in [4.78, 5) is 12.7. The predicted molar refractivity (Wildman–Crippen MR) is 110 cm³/mol. The lowest BCUT2D eigenvalue weighted by molar-refractivity contribution is -0.156. The van der Waals surface area contributed by atoms with Gasteiger partial charge in [0.05, 0.1) is 12.0 Å². The number of hydrogen-bond donors (Lipinski definition) is 0. The summed E-state index contributed by atoms with van der Waals surface area (Å²) in [6.45, 7) is 9.46. The Labute approximate surface area is 158 Å². The molecule has 1 unspecified atom stereocenters. The Morgan fingerprint density at radius 3 is 1.56 bits per heavy atom. The highest BCUT2D eigenvalue weighted by atomic mass is 16.5. The lowest BCUT2D eigenvalue weighted by Crippen LogP contribution is -2.30. The van der Waals surface area contributed by atoms with Crippen molar-refractivity contribution in [3.05, 3.63) is 0 Å². The van der Waals surface area contributed by atoms with Crippen LogP contribution in [0.5, 0.6) is 0 Å². The Kier molecular flexibility index (Phi) is 16.6. The van der Waals surface area contributed by atoms with Crippen LogP contribution >= 0.6 is 0 Å². The maximum Gasteiger partial charge on any atom is 0.311 e. The number of esters is 1. The van der Waals surface area contributed by atoms with Gasteiger partial charge in [0, 0.05) is 0 Å². The van der Waals surface area contributed by atoms with Crippen molar-refractivity contribution in [3.63, 3.8) is 0 Å². The Balaban J connectivity index is 4.26. The summed E-state index contributed by atoms with van der Waals surface area (Å²) in [6, 6.07) is 0. The van der Waals surface area contributed by atoms with Crippen molar-refractivity contribution in [2.75, 3.05) is 6.61 Å². The lowest BCUT2D eigenvalue weighted by Gasteiger charge is -2.27. The van der Waals surface area contributed by atoms with E-state index in [1.165, 1.54) is 77.0 Å². The molecule has 0 aromatic heterocycles. The third kappa shape index (κ3) is 13.3. The van der Waals surface area contributed by atoms with Gasteiger partial charge in [-0.25, -0.2) is 0 Å². The molecule has 0 aromatic carbocycles. The summed E-state index contributed by atoms with van der Waals surface area (Å²) in [5.74, 6) is 0.0639. The van der Waals surface area contributed by atoms with Gasteiger partial charge in [-0.2, -0.15) is 0 Å². The van der Waals surface area contributed by atoms with Gasteiger partial charge < -0.3 is 4.74 Å². The fraction of sp³-hybridized carbons (Fsp3) is 0.957. The van der Waals surface area contributed by atoms with Crippen LogP contribution < -0.4 is 0 Å². The molecule has 0 radical (unpaired) electrons. The van der Waals surface area contributed by atoms with Crippen molar-refractivity contribution >= 4 is 5.97 Å². The molecule has 0 saturated heterocycles. The second-order valence-corrected chi connectivity index (χ2v) is 8.09. The van der Waals surface area contributed by atoms with Crippen LogP contribution in [0.4, 0.5) is 0 Å². The van der Waals surface area contributed by atoms with Crippen molar-refractivity contribution < 1.29 is 9.53 Å². The maximum atomic E-state index is 12.7. The van der Waals surface area contributed by atoms with Crippen molar-refractivity contribution in [3.8, 4) is 0 Å². The zero-order chi connectivity index (χ0) is 18.8. The number of hydrogen-bond acceptors (Lipinski definition) is 2. The first kappa shape index (κ1) is 24.5. The average Bonchev–Trinajstić information content (AvgIpc) is 2.61. The monoisotopic (exact) mass is 354 g/mol. The van der Waals surface area contributed by atoms with E-state index in [4.69, 9.17) is 4.74 Å². The first-order valence-corrected chi connectivity index (χ1v) is 11.3. The molecular weight excluding hydrogens is 308 g/mol. The van der Waals surface area contributed by atoms with Gasteiger partial charge in [0.15, 0.2) is 0 Å². The van der Waals surface area contributed by atoms with Gasteiger partial charge >= 0.3 is 5.97 Å². The summed E-state index contributed by atoms with van der Waals surface area (Å²) < 4.78 is 5.67. The highest BCUT2D eigenvalue weighted by Gasteiger charge is 2.33. The smallest absolute Gasteiger partial charge is 0.311 e. The molecule has 0 N–H and O–H groups in total. The third-order valence-corrected chi connectivity index (χ3v) is 5.39. The third-order valence-electron chi connectivity index (χ3n) is 5.39. The second kappa shape index (κ2) is 16.9. The van der Waals surface area contributed by atoms with E-state index in [0.717, 1.165) is 25.7 Å². The molecule has 0 fully saturated rings. The summed E-state index contributed by atoms with van der Waals surface area (Å²) >= 11 is 0. The minimum atomic E-state index is -0.261. The quantitative estimate of drug-likeness (QED) is 0.185. The fourth-order valence-corrected chi connectivity index (χ4v) is 3.43. The molecule has 2 heteroatoms. The van der Waals surface area contributed by atoms with Gasteiger partial charge in [-0.15, -0.1) is 0 Å². The van der Waals surface area contributed by atoms with Crippen LogP contribution in [0.25, 0.3) is 0 Å². The SMILES string of the molecule is CCCCCCCCC(C)(CCCCCC)C(=O)OCCCCCC. The van der Waals surface area contributed by atoms with Crippen LogP contribution in [0.1, 0.15) is 130 Å². The van der Waals surface area contributed by atoms with Gasteiger partial charge in [0.25, 0.3) is 0 Å².